The molecule has 0 spiro atoms. The van der Waals surface area contributed by atoms with E-state index < -0.39 is 103 Å². The summed E-state index contributed by atoms with van der Waals surface area (Å²) in [5.41, 5.74) is 10.0. The Balaban J connectivity index is 1.56. The molecule has 1 aromatic heterocycles. The van der Waals surface area contributed by atoms with Crippen molar-refractivity contribution in [3.63, 3.8) is 0 Å². The van der Waals surface area contributed by atoms with Crippen LogP contribution in [0.25, 0.3) is 0 Å². The maximum absolute atomic E-state index is 13.4. The fourth-order valence-electron chi connectivity index (χ4n) is 6.49. The van der Waals surface area contributed by atoms with E-state index in [1.54, 1.807) is 0 Å². The maximum atomic E-state index is 13.4. The molecule has 0 bridgehead atoms. The van der Waals surface area contributed by atoms with Crippen LogP contribution in [0.2, 0.25) is 0 Å². The van der Waals surface area contributed by atoms with E-state index in [4.69, 9.17) is 30.4 Å². The molecule has 0 aliphatic carbocycles. The Morgan fingerprint density at radius 3 is 2.02 bits per heavy atom. The van der Waals surface area contributed by atoms with Crippen LogP contribution in [0.4, 0.5) is 0 Å². The van der Waals surface area contributed by atoms with E-state index in [9.17, 15) is 49.5 Å². The Bertz CT molecular complexity index is 1430. The largest absolute Gasteiger partial charge is 0.480 e. The summed E-state index contributed by atoms with van der Waals surface area (Å²) in [6, 6.07) is -2.72. The van der Waals surface area contributed by atoms with Gasteiger partial charge in [-0.3, -0.25) is 23.9 Å². The van der Waals surface area contributed by atoms with Crippen molar-refractivity contribution in [3.8, 4) is 0 Å². The number of aromatic nitrogens is 2. The van der Waals surface area contributed by atoms with Gasteiger partial charge in [0, 0.05) is 25.2 Å². The number of unbranched alkanes of at least 4 members (excludes halogenated alkanes) is 12. The average molecular weight is 774 g/mol. The zero-order chi connectivity index (χ0) is 39.8. The van der Waals surface area contributed by atoms with Crippen LogP contribution in [0.15, 0.2) is 21.9 Å². The number of carboxylic acid groups (broad SMARTS) is 1. The summed E-state index contributed by atoms with van der Waals surface area (Å²) in [5.74, 6) is -3.40. The predicted molar refractivity (Wildman–Crippen MR) is 191 cm³/mol. The van der Waals surface area contributed by atoms with Crippen LogP contribution in [0.1, 0.15) is 103 Å². The van der Waals surface area contributed by atoms with Crippen molar-refractivity contribution in [2.24, 2.45) is 11.5 Å². The molecule has 19 heteroatoms. The van der Waals surface area contributed by atoms with Gasteiger partial charge in [-0.15, -0.1) is 0 Å². The van der Waals surface area contributed by atoms with E-state index in [0.29, 0.717) is 6.42 Å². The molecule has 0 radical (unpaired) electrons. The van der Waals surface area contributed by atoms with E-state index in [1.165, 1.54) is 51.4 Å². The molecule has 0 saturated carbocycles. The molecule has 3 rings (SSSR count). The molecule has 54 heavy (non-hydrogen) atoms. The second-order valence-electron chi connectivity index (χ2n) is 14.0. The number of aliphatic carboxylic acids is 1. The van der Waals surface area contributed by atoms with E-state index >= 15 is 0 Å². The van der Waals surface area contributed by atoms with Gasteiger partial charge < -0.3 is 61.3 Å². The van der Waals surface area contributed by atoms with Crippen molar-refractivity contribution in [2.45, 2.75) is 164 Å². The lowest BCUT2D eigenvalue weighted by Gasteiger charge is -2.33. The number of hydrogen-bond donors (Lipinski definition) is 9. The van der Waals surface area contributed by atoms with Gasteiger partial charge in [-0.2, -0.15) is 0 Å². The van der Waals surface area contributed by atoms with Gasteiger partial charge in [0.05, 0.1) is 0 Å². The number of carbonyl (C=O) groups excluding carboxylic acids is 2. The number of nitrogens with two attached hydrogens (primary N) is 2. The highest BCUT2D eigenvalue weighted by Crippen LogP contribution is 2.34. The van der Waals surface area contributed by atoms with Crippen molar-refractivity contribution in [1.82, 2.24) is 14.9 Å². The molecule has 19 nitrogen and oxygen atoms in total. The first kappa shape index (κ1) is 45.1. The number of H-pyrrole nitrogens is 1. The first-order valence-electron chi connectivity index (χ1n) is 18.9. The van der Waals surface area contributed by atoms with Gasteiger partial charge in [-0.05, 0) is 6.42 Å². The molecule has 11 N–H and O–H groups in total. The van der Waals surface area contributed by atoms with Gasteiger partial charge in [0.15, 0.2) is 18.6 Å². The predicted octanol–water partition coefficient (Wildman–Crippen LogP) is -1.13. The number of carboxylic acids is 1. The minimum absolute atomic E-state index is 0.0611. The van der Waals surface area contributed by atoms with E-state index in [0.717, 1.165) is 42.5 Å². The highest BCUT2D eigenvalue weighted by atomic mass is 16.7. The number of ether oxygens (including phenoxy) is 4. The van der Waals surface area contributed by atoms with Crippen LogP contribution >= 0.6 is 0 Å². The van der Waals surface area contributed by atoms with Crippen LogP contribution in [-0.4, -0.2) is 127 Å². The number of carbonyl (C=O) groups is 3. The molecular weight excluding hydrogens is 714 g/mol. The summed E-state index contributed by atoms with van der Waals surface area (Å²) in [5, 5.41) is 54.5. The second kappa shape index (κ2) is 23.0. The number of amides is 1. The van der Waals surface area contributed by atoms with Crippen LogP contribution in [0.3, 0.4) is 0 Å². The van der Waals surface area contributed by atoms with Crippen molar-refractivity contribution < 1.29 is 58.9 Å². The number of nitrogens with zero attached hydrogens (tertiary/aromatic N) is 1. The quantitative estimate of drug-likeness (QED) is 0.0419. The summed E-state index contributed by atoms with van der Waals surface area (Å²) in [7, 11) is 0. The molecule has 2 aliphatic heterocycles. The number of aromatic amines is 1. The number of hydrogen-bond acceptors (Lipinski definition) is 15. The first-order valence-corrected chi connectivity index (χ1v) is 18.9. The van der Waals surface area contributed by atoms with Crippen LogP contribution in [0.5, 0.6) is 0 Å². The molecule has 0 aromatic carbocycles. The number of aliphatic hydroxyl groups is 4. The molecule has 2 saturated heterocycles. The molecule has 0 unspecified atom stereocenters. The first-order chi connectivity index (χ1) is 25.8. The standard InChI is InChI=1S/C35H59N5O14/c1-2-3-4-5-6-7-8-9-10-11-12-13-14-15-23(42)51-19-20(33(48)49)38-31(47)24(37)29(54-34-28(46)25(43)21(18-36)52-34)30-26(44)27(45)32(53-30)40-17-16-22(41)39-35(40)50/h16-17,20-21,24-30,32,34,43-46H,2-15,18-19,36-37H2,1H3,(H,38,47)(H,48,49)(H,39,41,50)/t20-,21-,24+,25-,26+,27-,28-,29+,30+,32-,34+/m1/s1. The number of rotatable bonds is 25. The molecule has 1 amide bonds. The van der Waals surface area contributed by atoms with Gasteiger partial charge in [0.2, 0.25) is 5.91 Å². The van der Waals surface area contributed by atoms with Gasteiger partial charge in [-0.25, -0.2) is 9.59 Å². The molecule has 1 aromatic rings. The molecule has 308 valence electrons. The lowest BCUT2D eigenvalue weighted by molar-refractivity contribution is -0.224. The third-order valence-corrected chi connectivity index (χ3v) is 9.73. The summed E-state index contributed by atoms with van der Waals surface area (Å²) < 4.78 is 22.8. The maximum Gasteiger partial charge on any atom is 0.330 e. The smallest absolute Gasteiger partial charge is 0.330 e. The van der Waals surface area contributed by atoms with Crippen molar-refractivity contribution in [3.05, 3.63) is 33.1 Å². The van der Waals surface area contributed by atoms with E-state index in [1.807, 2.05) is 4.98 Å². The summed E-state index contributed by atoms with van der Waals surface area (Å²) in [6.45, 7) is 1.23. The Labute approximate surface area is 313 Å². The highest BCUT2D eigenvalue weighted by molar-refractivity contribution is 5.87. The summed E-state index contributed by atoms with van der Waals surface area (Å²) >= 11 is 0. The third kappa shape index (κ3) is 13.2. The third-order valence-electron chi connectivity index (χ3n) is 9.73. The minimum Gasteiger partial charge on any atom is -0.480 e. The molecule has 2 fully saturated rings. The molecule has 3 heterocycles. The minimum atomic E-state index is -1.92. The topological polar surface area (TPSA) is 308 Å². The SMILES string of the molecule is CCCCCCCCCCCCCCCC(=O)OC[C@@H](NC(=O)[C@@H](N)[C@H](O[C@@H]1O[C@H](CN)[C@@H](O)[C@H]1O)[C@H]1O[C@@H](n2ccc(=O)[nH]c2=O)[C@H](O)[C@@H]1O)C(=O)O. The zero-order valence-electron chi connectivity index (χ0n) is 30.8. The Kier molecular flexibility index (Phi) is 19.2. The van der Waals surface area contributed by atoms with Crippen molar-refractivity contribution in [2.75, 3.05) is 13.2 Å². The van der Waals surface area contributed by atoms with E-state index in [-0.39, 0.29) is 13.0 Å². The Hall–Kier alpha value is -3.27. The van der Waals surface area contributed by atoms with Gasteiger partial charge in [0.1, 0.15) is 55.4 Å². The highest BCUT2D eigenvalue weighted by Gasteiger charge is 2.53. The van der Waals surface area contributed by atoms with E-state index in [2.05, 4.69) is 12.2 Å². The fraction of sp³-hybridized carbons (Fsp3) is 0.800. The Morgan fingerprint density at radius 1 is 0.889 bits per heavy atom. The summed E-state index contributed by atoms with van der Waals surface area (Å²) in [6.07, 6.45) is 0.715. The van der Waals surface area contributed by atoms with Gasteiger partial charge in [0.25, 0.3) is 5.56 Å². The number of esters is 1. The summed E-state index contributed by atoms with van der Waals surface area (Å²) in [4.78, 5) is 63.8. The average Bonchev–Trinajstić information content (AvgIpc) is 3.58. The second-order valence-corrected chi connectivity index (χ2v) is 14.0. The lowest BCUT2D eigenvalue weighted by Crippen LogP contribution is -2.60. The Morgan fingerprint density at radius 2 is 1.48 bits per heavy atom. The lowest BCUT2D eigenvalue weighted by atomic mass is 9.98. The monoisotopic (exact) mass is 773 g/mol. The molecule has 11 atom stereocenters. The normalized spacial score (nSPS) is 27.0. The van der Waals surface area contributed by atoms with Crippen LogP contribution in [0, 0.1) is 0 Å². The fourth-order valence-corrected chi connectivity index (χ4v) is 6.49. The van der Waals surface area contributed by atoms with Crippen LogP contribution in [-0.2, 0) is 33.3 Å². The van der Waals surface area contributed by atoms with Crippen molar-refractivity contribution >= 4 is 17.8 Å². The number of nitrogens with one attached hydrogen (secondary N) is 2. The zero-order valence-corrected chi connectivity index (χ0v) is 30.8. The molecule has 2 aliphatic rings. The van der Waals surface area contributed by atoms with Crippen molar-refractivity contribution in [1.29, 1.82) is 0 Å². The molecular formula is C35H59N5O14. The van der Waals surface area contributed by atoms with Gasteiger partial charge in [-0.1, -0.05) is 84.0 Å². The van der Waals surface area contributed by atoms with Gasteiger partial charge >= 0.3 is 17.6 Å². The number of aliphatic hydroxyl groups excluding tert-OH is 4. The van der Waals surface area contributed by atoms with Crippen LogP contribution < -0.4 is 28.0 Å².